The molecule has 0 fully saturated rings. The molecule has 0 unspecified atom stereocenters. The molecule has 0 saturated heterocycles. The van der Waals surface area contributed by atoms with Gasteiger partial charge in [0.15, 0.2) is 18.1 Å². The Balaban J connectivity index is 1.60. The largest absolute Gasteiger partial charge is 0.493 e. The zero-order valence-electron chi connectivity index (χ0n) is 13.4. The molecule has 0 saturated carbocycles. The van der Waals surface area contributed by atoms with Crippen molar-refractivity contribution in [2.45, 2.75) is 26.2 Å². The summed E-state index contributed by atoms with van der Waals surface area (Å²) >= 11 is 0. The van der Waals surface area contributed by atoms with Crippen molar-refractivity contribution in [1.82, 2.24) is 0 Å². The molecule has 23 heavy (non-hydrogen) atoms. The van der Waals surface area contributed by atoms with Crippen LogP contribution in [0, 0.1) is 6.92 Å². The zero-order valence-corrected chi connectivity index (χ0v) is 13.4. The van der Waals surface area contributed by atoms with Crippen LogP contribution >= 0.6 is 0 Å². The monoisotopic (exact) mass is 312 g/mol. The summed E-state index contributed by atoms with van der Waals surface area (Å²) in [5, 5.41) is 0. The first-order chi connectivity index (χ1) is 11.2. The number of hydrogen-bond donors (Lipinski definition) is 0. The molecule has 0 atom stereocenters. The van der Waals surface area contributed by atoms with Gasteiger partial charge < -0.3 is 14.2 Å². The number of esters is 1. The predicted octanol–water partition coefficient (Wildman–Crippen LogP) is 3.48. The van der Waals surface area contributed by atoms with Gasteiger partial charge in [0.05, 0.1) is 7.11 Å². The van der Waals surface area contributed by atoms with Gasteiger partial charge in [-0.2, -0.15) is 0 Å². The number of rotatable bonds is 5. The third-order valence-electron chi connectivity index (χ3n) is 3.97. The Kier molecular flexibility index (Phi) is 4.51. The maximum absolute atomic E-state index is 12.0. The van der Waals surface area contributed by atoms with Crippen molar-refractivity contribution in [3.05, 3.63) is 53.1 Å². The van der Waals surface area contributed by atoms with Crippen LogP contribution in [-0.4, -0.2) is 19.7 Å². The fourth-order valence-corrected chi connectivity index (χ4v) is 2.79. The van der Waals surface area contributed by atoms with Crippen molar-refractivity contribution >= 4 is 5.97 Å². The Labute approximate surface area is 136 Å². The fourth-order valence-electron chi connectivity index (χ4n) is 2.79. The fraction of sp³-hybridized carbons (Fsp3) is 0.316. The summed E-state index contributed by atoms with van der Waals surface area (Å²) in [6.07, 6.45) is 3.40. The third-order valence-corrected chi connectivity index (χ3v) is 3.97. The average Bonchev–Trinajstić information content (AvgIpc) is 3.02. The van der Waals surface area contributed by atoms with E-state index in [2.05, 4.69) is 6.07 Å². The Bertz CT molecular complexity index is 721. The van der Waals surface area contributed by atoms with Gasteiger partial charge in [0.2, 0.25) is 0 Å². The number of ether oxygens (including phenoxy) is 3. The smallest absolute Gasteiger partial charge is 0.349 e. The number of benzene rings is 2. The van der Waals surface area contributed by atoms with E-state index in [9.17, 15) is 4.79 Å². The van der Waals surface area contributed by atoms with E-state index in [0.29, 0.717) is 17.2 Å². The van der Waals surface area contributed by atoms with Crippen molar-refractivity contribution in [2.24, 2.45) is 0 Å². The van der Waals surface area contributed by atoms with Crippen molar-refractivity contribution in [3.63, 3.8) is 0 Å². The quantitative estimate of drug-likeness (QED) is 0.626. The van der Waals surface area contributed by atoms with Gasteiger partial charge in [0.25, 0.3) is 0 Å². The maximum Gasteiger partial charge on any atom is 0.349 e. The standard InChI is InChI=1S/C19H20O4/c1-13-6-9-17(18(10-13)21-2)23-19(20)12-22-16-8-7-14-4-3-5-15(14)11-16/h6-11H,3-5,12H2,1-2H3. The van der Waals surface area contributed by atoms with Crippen LogP contribution in [0.2, 0.25) is 0 Å². The molecule has 0 aliphatic heterocycles. The highest BCUT2D eigenvalue weighted by Crippen LogP contribution is 2.28. The van der Waals surface area contributed by atoms with Crippen LogP contribution in [-0.2, 0) is 17.6 Å². The van der Waals surface area contributed by atoms with Crippen molar-refractivity contribution in [3.8, 4) is 17.2 Å². The van der Waals surface area contributed by atoms with Gasteiger partial charge in [-0.1, -0.05) is 12.1 Å². The van der Waals surface area contributed by atoms with Crippen molar-refractivity contribution < 1.29 is 19.0 Å². The molecule has 4 nitrogen and oxygen atoms in total. The van der Waals surface area contributed by atoms with Gasteiger partial charge >= 0.3 is 5.97 Å². The number of carbonyl (C=O) groups is 1. The van der Waals surface area contributed by atoms with Gasteiger partial charge in [0, 0.05) is 0 Å². The summed E-state index contributed by atoms with van der Waals surface area (Å²) in [6, 6.07) is 11.4. The van der Waals surface area contributed by atoms with Crippen LogP contribution in [0.3, 0.4) is 0 Å². The molecule has 0 N–H and O–H groups in total. The molecule has 4 heteroatoms. The van der Waals surface area contributed by atoms with E-state index in [1.165, 1.54) is 17.5 Å². The summed E-state index contributed by atoms with van der Waals surface area (Å²) in [4.78, 5) is 12.0. The highest BCUT2D eigenvalue weighted by Gasteiger charge is 2.13. The molecular formula is C19H20O4. The number of hydrogen-bond acceptors (Lipinski definition) is 4. The molecule has 1 aliphatic carbocycles. The molecule has 0 aromatic heterocycles. The SMILES string of the molecule is COc1cc(C)ccc1OC(=O)COc1ccc2c(c1)CCC2. The number of fused-ring (bicyclic) bond motifs is 1. The molecular weight excluding hydrogens is 292 g/mol. The van der Waals surface area contributed by atoms with Crippen molar-refractivity contribution in [2.75, 3.05) is 13.7 Å². The lowest BCUT2D eigenvalue weighted by Crippen LogP contribution is -2.18. The molecule has 1 aliphatic rings. The second-order valence-electron chi connectivity index (χ2n) is 5.70. The summed E-state index contributed by atoms with van der Waals surface area (Å²) in [7, 11) is 1.55. The molecule has 3 rings (SSSR count). The second kappa shape index (κ2) is 6.73. The van der Waals surface area contributed by atoms with E-state index in [1.807, 2.05) is 31.2 Å². The van der Waals surface area contributed by atoms with E-state index in [0.717, 1.165) is 18.4 Å². The Hall–Kier alpha value is -2.49. The Morgan fingerprint density at radius 2 is 1.87 bits per heavy atom. The molecule has 2 aromatic carbocycles. The van der Waals surface area contributed by atoms with E-state index in [4.69, 9.17) is 14.2 Å². The topological polar surface area (TPSA) is 44.8 Å². The lowest BCUT2D eigenvalue weighted by atomic mass is 10.1. The summed E-state index contributed by atoms with van der Waals surface area (Å²) < 4.78 is 16.1. The van der Waals surface area contributed by atoms with Crippen LogP contribution in [0.15, 0.2) is 36.4 Å². The Morgan fingerprint density at radius 1 is 1.04 bits per heavy atom. The maximum atomic E-state index is 12.0. The van der Waals surface area contributed by atoms with E-state index < -0.39 is 5.97 Å². The van der Waals surface area contributed by atoms with Crippen LogP contribution in [0.1, 0.15) is 23.1 Å². The third kappa shape index (κ3) is 3.65. The summed E-state index contributed by atoms with van der Waals surface area (Å²) in [5.74, 6) is 1.20. The molecule has 120 valence electrons. The average molecular weight is 312 g/mol. The molecule has 0 bridgehead atoms. The number of carbonyl (C=O) groups excluding carboxylic acids is 1. The molecule has 0 radical (unpaired) electrons. The van der Waals surface area contributed by atoms with Gasteiger partial charge in [0.1, 0.15) is 5.75 Å². The zero-order chi connectivity index (χ0) is 16.2. The first-order valence-electron chi connectivity index (χ1n) is 7.75. The molecule has 0 amide bonds. The van der Waals surface area contributed by atoms with Gasteiger partial charge in [-0.25, -0.2) is 4.79 Å². The van der Waals surface area contributed by atoms with E-state index in [1.54, 1.807) is 13.2 Å². The number of methoxy groups -OCH3 is 1. The highest BCUT2D eigenvalue weighted by atomic mass is 16.6. The normalized spacial score (nSPS) is 12.6. The van der Waals surface area contributed by atoms with E-state index in [-0.39, 0.29) is 6.61 Å². The van der Waals surface area contributed by atoms with Crippen molar-refractivity contribution in [1.29, 1.82) is 0 Å². The molecule has 2 aromatic rings. The highest BCUT2D eigenvalue weighted by molar-refractivity contribution is 5.74. The van der Waals surface area contributed by atoms with Crippen LogP contribution < -0.4 is 14.2 Å². The first kappa shape index (κ1) is 15.4. The minimum atomic E-state index is -0.451. The molecule has 0 heterocycles. The van der Waals surface area contributed by atoms with Crippen LogP contribution in [0.5, 0.6) is 17.2 Å². The Morgan fingerprint density at radius 3 is 2.70 bits per heavy atom. The summed E-state index contributed by atoms with van der Waals surface area (Å²) in [5.41, 5.74) is 3.73. The number of aryl methyl sites for hydroxylation is 3. The van der Waals surface area contributed by atoms with Gasteiger partial charge in [-0.3, -0.25) is 0 Å². The van der Waals surface area contributed by atoms with Crippen LogP contribution in [0.4, 0.5) is 0 Å². The molecule has 0 spiro atoms. The van der Waals surface area contributed by atoms with Gasteiger partial charge in [-0.05, 0) is 67.1 Å². The van der Waals surface area contributed by atoms with Crippen LogP contribution in [0.25, 0.3) is 0 Å². The lowest BCUT2D eigenvalue weighted by Gasteiger charge is -2.11. The lowest BCUT2D eigenvalue weighted by molar-refractivity contribution is -0.136. The van der Waals surface area contributed by atoms with E-state index >= 15 is 0 Å². The second-order valence-corrected chi connectivity index (χ2v) is 5.70. The minimum Gasteiger partial charge on any atom is -0.493 e. The van der Waals surface area contributed by atoms with Gasteiger partial charge in [-0.15, -0.1) is 0 Å². The minimum absolute atomic E-state index is 0.129. The first-order valence-corrected chi connectivity index (χ1v) is 7.75. The summed E-state index contributed by atoms with van der Waals surface area (Å²) in [6.45, 7) is 1.82. The predicted molar refractivity (Wildman–Crippen MR) is 87.3 cm³/mol.